The van der Waals surface area contributed by atoms with Crippen molar-refractivity contribution in [3.05, 3.63) is 109 Å². The van der Waals surface area contributed by atoms with Crippen molar-refractivity contribution >= 4 is 29.4 Å². The lowest BCUT2D eigenvalue weighted by Gasteiger charge is -2.26. The predicted molar refractivity (Wildman–Crippen MR) is 149 cm³/mol. The van der Waals surface area contributed by atoms with Crippen LogP contribution in [-0.4, -0.2) is 34.8 Å². The Balaban J connectivity index is 1.66. The lowest BCUT2D eigenvalue weighted by atomic mass is 9.95. The number of carboxylic acids is 1. The zero-order valence-electron chi connectivity index (χ0n) is 22.0. The van der Waals surface area contributed by atoms with Crippen molar-refractivity contribution in [3.8, 4) is 17.1 Å². The van der Waals surface area contributed by atoms with Crippen LogP contribution in [0.4, 0.5) is 0 Å². The summed E-state index contributed by atoms with van der Waals surface area (Å²) in [5.74, 6) is -0.341. The van der Waals surface area contributed by atoms with Crippen molar-refractivity contribution in [2.45, 2.75) is 26.8 Å². The SMILES string of the molecule is CCOC(=O)C1=C(C)N=c2s/c(=C\c3ccc(-c4ccccc4C(=O)O)o3)c(=O)n2[C@H]1c1ccccc1OCC. The number of benzene rings is 2. The van der Waals surface area contributed by atoms with E-state index in [0.29, 0.717) is 50.0 Å². The molecule has 0 spiro atoms. The van der Waals surface area contributed by atoms with Gasteiger partial charge < -0.3 is 19.0 Å². The minimum atomic E-state index is -1.07. The summed E-state index contributed by atoms with van der Waals surface area (Å²) in [7, 11) is 0. The molecule has 5 rings (SSSR count). The number of esters is 1. The van der Waals surface area contributed by atoms with Gasteiger partial charge in [0.15, 0.2) is 4.80 Å². The van der Waals surface area contributed by atoms with E-state index in [-0.39, 0.29) is 23.3 Å². The Morgan fingerprint density at radius 1 is 1.07 bits per heavy atom. The highest BCUT2D eigenvalue weighted by Gasteiger charge is 2.35. The molecule has 0 amide bonds. The third-order valence-corrected chi connectivity index (χ3v) is 7.34. The number of carboxylic acid groups (broad SMARTS) is 1. The van der Waals surface area contributed by atoms with E-state index < -0.39 is 18.0 Å². The Bertz CT molecular complexity index is 1830. The highest BCUT2D eigenvalue weighted by atomic mass is 32.1. The molecule has 2 aromatic carbocycles. The van der Waals surface area contributed by atoms with Crippen LogP contribution in [0.25, 0.3) is 17.4 Å². The van der Waals surface area contributed by atoms with Crippen LogP contribution in [0, 0.1) is 0 Å². The molecular formula is C30H26N2O7S. The average molecular weight is 559 g/mol. The first kappa shape index (κ1) is 26.9. The molecule has 0 fully saturated rings. The lowest BCUT2D eigenvalue weighted by molar-refractivity contribution is -0.139. The van der Waals surface area contributed by atoms with Gasteiger partial charge in [-0.25, -0.2) is 14.6 Å². The minimum absolute atomic E-state index is 0.109. The Morgan fingerprint density at radius 3 is 2.58 bits per heavy atom. The number of carbonyl (C=O) groups is 2. The van der Waals surface area contributed by atoms with Crippen molar-refractivity contribution in [1.82, 2.24) is 4.57 Å². The number of thiazole rings is 1. The molecule has 0 radical (unpaired) electrons. The number of allylic oxidation sites excluding steroid dienone is 1. The molecule has 1 aliphatic heterocycles. The van der Waals surface area contributed by atoms with Crippen LogP contribution in [0.3, 0.4) is 0 Å². The summed E-state index contributed by atoms with van der Waals surface area (Å²) in [6, 6.07) is 16.3. The molecule has 204 valence electrons. The van der Waals surface area contributed by atoms with Gasteiger partial charge >= 0.3 is 11.9 Å². The van der Waals surface area contributed by atoms with E-state index in [2.05, 4.69) is 4.99 Å². The van der Waals surface area contributed by atoms with E-state index in [0.717, 1.165) is 0 Å². The zero-order chi connectivity index (χ0) is 28.4. The van der Waals surface area contributed by atoms with Gasteiger partial charge in [0.25, 0.3) is 5.56 Å². The third-order valence-electron chi connectivity index (χ3n) is 6.35. The summed E-state index contributed by atoms with van der Waals surface area (Å²) in [6.07, 6.45) is 1.59. The second-order valence-electron chi connectivity index (χ2n) is 8.83. The van der Waals surface area contributed by atoms with Gasteiger partial charge in [-0.3, -0.25) is 9.36 Å². The van der Waals surface area contributed by atoms with E-state index in [1.807, 2.05) is 25.1 Å². The molecule has 1 N–H and O–H groups in total. The Kier molecular flexibility index (Phi) is 7.52. The van der Waals surface area contributed by atoms with Crippen molar-refractivity contribution in [2.75, 3.05) is 13.2 Å². The fourth-order valence-electron chi connectivity index (χ4n) is 4.67. The van der Waals surface area contributed by atoms with Crippen LogP contribution < -0.4 is 19.6 Å². The Morgan fingerprint density at radius 2 is 1.82 bits per heavy atom. The van der Waals surface area contributed by atoms with Crippen LogP contribution in [0.15, 0.2) is 86.1 Å². The number of ether oxygens (including phenoxy) is 2. The lowest BCUT2D eigenvalue weighted by Crippen LogP contribution is -2.40. The number of nitrogens with zero attached hydrogens (tertiary/aromatic N) is 2. The molecule has 0 aliphatic carbocycles. The summed E-state index contributed by atoms with van der Waals surface area (Å²) in [4.78, 5) is 43.7. The van der Waals surface area contributed by atoms with Gasteiger partial charge in [0.05, 0.1) is 34.6 Å². The fraction of sp³-hybridized carbons (Fsp3) is 0.200. The largest absolute Gasteiger partial charge is 0.494 e. The highest BCUT2D eigenvalue weighted by Crippen LogP contribution is 2.36. The number of carbonyl (C=O) groups excluding carboxylic acids is 1. The number of aromatic carboxylic acids is 1. The molecule has 1 atom stereocenters. The standard InChI is InChI=1S/C30H26N2O7S/c1-4-37-22-13-9-8-12-21(22)26-25(29(36)38-5-2)17(3)31-30-32(26)27(33)24(40-30)16-18-14-15-23(39-18)19-10-6-7-11-20(19)28(34)35/h6-16,26H,4-5H2,1-3H3,(H,34,35)/b24-16-/t26-/m0/s1. The molecular weight excluding hydrogens is 532 g/mol. The van der Waals surface area contributed by atoms with Gasteiger partial charge in [-0.15, -0.1) is 0 Å². The third kappa shape index (κ3) is 4.89. The van der Waals surface area contributed by atoms with E-state index in [4.69, 9.17) is 13.9 Å². The Hall–Kier alpha value is -4.70. The van der Waals surface area contributed by atoms with E-state index in [1.165, 1.54) is 22.0 Å². The molecule has 0 saturated heterocycles. The molecule has 4 aromatic rings. The topological polar surface area (TPSA) is 120 Å². The van der Waals surface area contributed by atoms with E-state index in [9.17, 15) is 19.5 Å². The van der Waals surface area contributed by atoms with Crippen molar-refractivity contribution in [3.63, 3.8) is 0 Å². The normalized spacial score (nSPS) is 15.0. The number of fused-ring (bicyclic) bond motifs is 1. The number of hydrogen-bond acceptors (Lipinski definition) is 8. The van der Waals surface area contributed by atoms with Gasteiger partial charge in [-0.05, 0) is 45.0 Å². The second kappa shape index (κ2) is 11.2. The van der Waals surface area contributed by atoms with Gasteiger partial charge in [0.1, 0.15) is 23.3 Å². The summed E-state index contributed by atoms with van der Waals surface area (Å²) in [6.45, 7) is 5.88. The fourth-order valence-corrected chi connectivity index (χ4v) is 5.69. The van der Waals surface area contributed by atoms with Crippen LogP contribution in [-0.2, 0) is 9.53 Å². The first-order chi connectivity index (χ1) is 19.3. The average Bonchev–Trinajstić information content (AvgIpc) is 3.53. The molecule has 2 aromatic heterocycles. The van der Waals surface area contributed by atoms with Crippen molar-refractivity contribution < 1.29 is 28.6 Å². The monoisotopic (exact) mass is 558 g/mol. The minimum Gasteiger partial charge on any atom is -0.494 e. The van der Waals surface area contributed by atoms with E-state index in [1.54, 1.807) is 56.3 Å². The predicted octanol–water partition coefficient (Wildman–Crippen LogP) is 4.16. The molecule has 1 aliphatic rings. The number of para-hydroxylation sites is 1. The summed E-state index contributed by atoms with van der Waals surface area (Å²) in [5.41, 5.74) is 1.53. The molecule has 40 heavy (non-hydrogen) atoms. The number of furan rings is 1. The van der Waals surface area contributed by atoms with Gasteiger partial charge in [-0.2, -0.15) is 0 Å². The van der Waals surface area contributed by atoms with Gasteiger partial charge in [0.2, 0.25) is 0 Å². The summed E-state index contributed by atoms with van der Waals surface area (Å²) >= 11 is 1.17. The first-order valence-corrected chi connectivity index (χ1v) is 13.5. The first-order valence-electron chi connectivity index (χ1n) is 12.7. The van der Waals surface area contributed by atoms with Crippen molar-refractivity contribution in [1.29, 1.82) is 0 Å². The van der Waals surface area contributed by atoms with Crippen LogP contribution >= 0.6 is 11.3 Å². The van der Waals surface area contributed by atoms with Crippen LogP contribution in [0.5, 0.6) is 5.75 Å². The number of hydrogen-bond donors (Lipinski definition) is 1. The zero-order valence-corrected chi connectivity index (χ0v) is 22.9. The van der Waals surface area contributed by atoms with E-state index >= 15 is 0 Å². The second-order valence-corrected chi connectivity index (χ2v) is 9.83. The summed E-state index contributed by atoms with van der Waals surface area (Å²) < 4.78 is 19.0. The molecule has 9 nitrogen and oxygen atoms in total. The van der Waals surface area contributed by atoms with Crippen LogP contribution in [0.1, 0.15) is 48.5 Å². The maximum Gasteiger partial charge on any atom is 0.338 e. The Labute approximate surface area is 232 Å². The maximum absolute atomic E-state index is 13.9. The number of rotatable bonds is 8. The molecule has 0 bridgehead atoms. The highest BCUT2D eigenvalue weighted by molar-refractivity contribution is 7.07. The van der Waals surface area contributed by atoms with Crippen molar-refractivity contribution in [2.24, 2.45) is 4.99 Å². The number of aromatic nitrogens is 1. The smallest absolute Gasteiger partial charge is 0.338 e. The molecule has 0 unspecified atom stereocenters. The van der Waals surface area contributed by atoms with Crippen LogP contribution in [0.2, 0.25) is 0 Å². The quantitative estimate of drug-likeness (QED) is 0.323. The molecule has 3 heterocycles. The van der Waals surface area contributed by atoms with Gasteiger partial charge in [0, 0.05) is 17.2 Å². The molecule has 0 saturated carbocycles. The van der Waals surface area contributed by atoms with Gasteiger partial charge in [-0.1, -0.05) is 47.7 Å². The molecule has 10 heteroatoms. The summed E-state index contributed by atoms with van der Waals surface area (Å²) in [5, 5.41) is 9.54. The maximum atomic E-state index is 13.9.